The number of carbonyl (C=O) groups is 1. The number of aryl methyl sites for hydroxylation is 1. The SMILES string of the molecule is Cc1cc(C(=O)Nc2ncc(Cc3ccc(F)cc3)s2)nn1-c1ccccc1. The van der Waals surface area contributed by atoms with E-state index in [1.54, 1.807) is 29.1 Å². The Kier molecular flexibility index (Phi) is 4.99. The molecule has 140 valence electrons. The van der Waals surface area contributed by atoms with Crippen LogP contribution in [0, 0.1) is 12.7 Å². The molecule has 7 heteroatoms. The van der Waals surface area contributed by atoms with Crippen molar-refractivity contribution in [3.05, 3.63) is 94.5 Å². The summed E-state index contributed by atoms with van der Waals surface area (Å²) in [7, 11) is 0. The highest BCUT2D eigenvalue weighted by Crippen LogP contribution is 2.22. The number of carbonyl (C=O) groups excluding carboxylic acids is 1. The molecular formula is C21H17FN4OS. The number of aromatic nitrogens is 3. The number of thiazole rings is 1. The lowest BCUT2D eigenvalue weighted by molar-refractivity contribution is 0.102. The second-order valence-corrected chi connectivity index (χ2v) is 7.42. The van der Waals surface area contributed by atoms with Crippen LogP contribution in [0.2, 0.25) is 0 Å². The maximum absolute atomic E-state index is 13.0. The minimum atomic E-state index is -0.305. The molecule has 0 radical (unpaired) electrons. The standard InChI is InChI=1S/C21H17FN4OS/c1-14-11-19(25-26(14)17-5-3-2-4-6-17)20(27)24-21-23-13-18(28-21)12-15-7-9-16(22)10-8-15/h2-11,13H,12H2,1H3,(H,23,24,27). The highest BCUT2D eigenvalue weighted by atomic mass is 32.1. The van der Waals surface area contributed by atoms with Gasteiger partial charge in [-0.15, -0.1) is 11.3 Å². The van der Waals surface area contributed by atoms with Crippen LogP contribution < -0.4 is 5.32 Å². The van der Waals surface area contributed by atoms with E-state index in [9.17, 15) is 9.18 Å². The van der Waals surface area contributed by atoms with E-state index in [4.69, 9.17) is 0 Å². The van der Waals surface area contributed by atoms with Crippen LogP contribution in [0.5, 0.6) is 0 Å². The largest absolute Gasteiger partial charge is 0.296 e. The van der Waals surface area contributed by atoms with Gasteiger partial charge in [0, 0.05) is 23.2 Å². The van der Waals surface area contributed by atoms with E-state index in [-0.39, 0.29) is 11.7 Å². The molecule has 1 amide bonds. The number of halogens is 1. The molecule has 5 nitrogen and oxygen atoms in total. The summed E-state index contributed by atoms with van der Waals surface area (Å²) in [5.74, 6) is -0.563. The first-order chi connectivity index (χ1) is 13.6. The van der Waals surface area contributed by atoms with E-state index in [1.165, 1.54) is 23.5 Å². The summed E-state index contributed by atoms with van der Waals surface area (Å²) in [6, 6.07) is 17.8. The monoisotopic (exact) mass is 392 g/mol. The smallest absolute Gasteiger partial charge is 0.277 e. The average molecular weight is 392 g/mol. The Morgan fingerprint density at radius 2 is 1.89 bits per heavy atom. The summed E-state index contributed by atoms with van der Waals surface area (Å²) < 4.78 is 14.7. The van der Waals surface area contributed by atoms with Crippen LogP contribution in [0.1, 0.15) is 26.6 Å². The van der Waals surface area contributed by atoms with Crippen molar-refractivity contribution in [3.63, 3.8) is 0 Å². The first-order valence-corrected chi connectivity index (χ1v) is 9.53. The third kappa shape index (κ3) is 3.99. The molecule has 0 saturated carbocycles. The van der Waals surface area contributed by atoms with Gasteiger partial charge in [-0.1, -0.05) is 30.3 Å². The highest BCUT2D eigenvalue weighted by Gasteiger charge is 2.15. The molecule has 2 heterocycles. The number of amides is 1. The van der Waals surface area contributed by atoms with E-state index >= 15 is 0 Å². The van der Waals surface area contributed by atoms with Gasteiger partial charge in [0.05, 0.1) is 5.69 Å². The minimum Gasteiger partial charge on any atom is -0.296 e. The fraction of sp³-hybridized carbons (Fsp3) is 0.0952. The Morgan fingerprint density at radius 3 is 2.64 bits per heavy atom. The summed E-state index contributed by atoms with van der Waals surface area (Å²) in [4.78, 5) is 17.8. The topological polar surface area (TPSA) is 59.8 Å². The van der Waals surface area contributed by atoms with Crippen molar-refractivity contribution in [1.29, 1.82) is 0 Å². The van der Waals surface area contributed by atoms with Crippen molar-refractivity contribution in [2.45, 2.75) is 13.3 Å². The zero-order valence-corrected chi connectivity index (χ0v) is 15.9. The number of hydrogen-bond acceptors (Lipinski definition) is 4. The third-order valence-electron chi connectivity index (χ3n) is 4.19. The molecule has 2 aromatic carbocycles. The summed E-state index contributed by atoms with van der Waals surface area (Å²) in [5, 5.41) is 7.71. The van der Waals surface area contributed by atoms with Crippen LogP contribution in [-0.4, -0.2) is 20.7 Å². The van der Waals surface area contributed by atoms with Crippen LogP contribution in [-0.2, 0) is 6.42 Å². The Labute approximate surface area is 165 Å². The van der Waals surface area contributed by atoms with Crippen molar-refractivity contribution < 1.29 is 9.18 Å². The van der Waals surface area contributed by atoms with E-state index in [0.717, 1.165) is 21.8 Å². The van der Waals surface area contributed by atoms with Gasteiger partial charge in [0.2, 0.25) is 0 Å². The lowest BCUT2D eigenvalue weighted by atomic mass is 10.1. The van der Waals surface area contributed by atoms with Crippen LogP contribution in [0.15, 0.2) is 66.9 Å². The number of hydrogen-bond donors (Lipinski definition) is 1. The van der Waals surface area contributed by atoms with Crippen LogP contribution in [0.4, 0.5) is 9.52 Å². The van der Waals surface area contributed by atoms with E-state index in [2.05, 4.69) is 15.4 Å². The fourth-order valence-electron chi connectivity index (χ4n) is 2.83. The van der Waals surface area contributed by atoms with E-state index in [0.29, 0.717) is 17.2 Å². The maximum Gasteiger partial charge on any atom is 0.277 e. The Balaban J connectivity index is 1.46. The van der Waals surface area contributed by atoms with Crippen LogP contribution in [0.25, 0.3) is 5.69 Å². The summed E-state index contributed by atoms with van der Waals surface area (Å²) in [5.41, 5.74) is 3.08. The van der Waals surface area contributed by atoms with Crippen LogP contribution in [0.3, 0.4) is 0 Å². The molecule has 28 heavy (non-hydrogen) atoms. The number of anilines is 1. The van der Waals surface area contributed by atoms with Gasteiger partial charge in [-0.05, 0) is 42.8 Å². The number of rotatable bonds is 5. The Morgan fingerprint density at radius 1 is 1.14 bits per heavy atom. The number of benzene rings is 2. The zero-order chi connectivity index (χ0) is 19.5. The fourth-order valence-corrected chi connectivity index (χ4v) is 3.67. The van der Waals surface area contributed by atoms with Gasteiger partial charge in [0.1, 0.15) is 5.82 Å². The van der Waals surface area contributed by atoms with E-state index in [1.807, 2.05) is 37.3 Å². The summed E-state index contributed by atoms with van der Waals surface area (Å²) in [6.07, 6.45) is 2.35. The minimum absolute atomic E-state index is 0.258. The molecule has 0 aliphatic heterocycles. The third-order valence-corrected chi connectivity index (χ3v) is 5.10. The van der Waals surface area contributed by atoms with Crippen molar-refractivity contribution >= 4 is 22.4 Å². The lowest BCUT2D eigenvalue weighted by Crippen LogP contribution is -2.12. The molecule has 2 aromatic heterocycles. The Hall–Kier alpha value is -3.32. The van der Waals surface area contributed by atoms with Crippen molar-refractivity contribution in [2.75, 3.05) is 5.32 Å². The summed E-state index contributed by atoms with van der Waals surface area (Å²) >= 11 is 1.39. The second kappa shape index (κ2) is 7.74. The molecule has 0 bridgehead atoms. The molecule has 0 unspecified atom stereocenters. The molecular weight excluding hydrogens is 375 g/mol. The van der Waals surface area contributed by atoms with Gasteiger partial charge in [-0.25, -0.2) is 14.1 Å². The molecule has 0 saturated heterocycles. The van der Waals surface area contributed by atoms with Gasteiger partial charge >= 0.3 is 0 Å². The number of para-hydroxylation sites is 1. The Bertz CT molecular complexity index is 1100. The number of nitrogens with zero attached hydrogens (tertiary/aromatic N) is 3. The first kappa shape index (κ1) is 18.1. The van der Waals surface area contributed by atoms with Gasteiger partial charge < -0.3 is 0 Å². The predicted octanol–water partition coefficient (Wildman–Crippen LogP) is 4.62. The lowest BCUT2D eigenvalue weighted by Gasteiger charge is -2.02. The average Bonchev–Trinajstić information content (AvgIpc) is 3.31. The predicted molar refractivity (Wildman–Crippen MR) is 108 cm³/mol. The molecule has 0 fully saturated rings. The van der Waals surface area contributed by atoms with E-state index < -0.39 is 0 Å². The first-order valence-electron chi connectivity index (χ1n) is 8.71. The van der Waals surface area contributed by atoms with Crippen molar-refractivity contribution in [1.82, 2.24) is 14.8 Å². The molecule has 4 rings (SSSR count). The molecule has 0 aliphatic rings. The molecule has 0 aliphatic carbocycles. The maximum atomic E-state index is 13.0. The van der Waals surface area contributed by atoms with Crippen molar-refractivity contribution in [2.24, 2.45) is 0 Å². The normalized spacial score (nSPS) is 10.8. The van der Waals surface area contributed by atoms with Gasteiger partial charge in [0.25, 0.3) is 5.91 Å². The van der Waals surface area contributed by atoms with Crippen molar-refractivity contribution in [3.8, 4) is 5.69 Å². The zero-order valence-electron chi connectivity index (χ0n) is 15.1. The second-order valence-electron chi connectivity index (χ2n) is 6.31. The molecule has 0 spiro atoms. The molecule has 4 aromatic rings. The summed E-state index contributed by atoms with van der Waals surface area (Å²) in [6.45, 7) is 1.90. The van der Waals surface area contributed by atoms with Crippen LogP contribution >= 0.6 is 11.3 Å². The highest BCUT2D eigenvalue weighted by molar-refractivity contribution is 7.15. The molecule has 0 atom stereocenters. The van der Waals surface area contributed by atoms with Gasteiger partial charge in [0.15, 0.2) is 10.8 Å². The molecule has 1 N–H and O–H groups in total. The van der Waals surface area contributed by atoms with Gasteiger partial charge in [-0.3, -0.25) is 10.1 Å². The van der Waals surface area contributed by atoms with Gasteiger partial charge in [-0.2, -0.15) is 5.10 Å². The number of nitrogens with one attached hydrogen (secondary N) is 1. The quantitative estimate of drug-likeness (QED) is 0.539.